The van der Waals surface area contributed by atoms with Crippen molar-refractivity contribution in [2.24, 2.45) is 46.8 Å². The first-order valence-electron chi connectivity index (χ1n) is 15.3. The van der Waals surface area contributed by atoms with Crippen molar-refractivity contribution >= 4 is 11.8 Å². The van der Waals surface area contributed by atoms with Gasteiger partial charge in [-0.2, -0.15) is 0 Å². The van der Waals surface area contributed by atoms with Crippen molar-refractivity contribution in [2.75, 3.05) is 6.61 Å². The third-order valence-corrected chi connectivity index (χ3v) is 11.1. The van der Waals surface area contributed by atoms with E-state index in [9.17, 15) is 14.7 Å². The second-order valence-electron chi connectivity index (χ2n) is 13.1. The Kier molecular flexibility index (Phi) is 9.58. The Hall–Kier alpha value is -0.940. The standard InChI is InChI=1S/C31H52O5/c1-5-22-11-13-23(36-28-8-6-7-19-35-28)12-9-20(2)24-17-18-31(4)25(21(3)10-16-27(32)33)14-15-26(31)29(24)30(22)34/h20-26,28-29H,5-19H2,1-4H3,(H,32,33)/t20-,21+,22+,23+,24?,25?,26?,28?,29?,31+/m0/s1. The minimum atomic E-state index is -0.690. The SMILES string of the molecule is CC[C@@H]1CC[C@H](OC2CCCCO2)CC[C@H](C)C2CC[C@@]3(C)C(CCC3[C@H](C)CCC(=O)O)C2C1=O. The zero-order valence-corrected chi connectivity index (χ0v) is 23.4. The van der Waals surface area contributed by atoms with Gasteiger partial charge in [-0.25, -0.2) is 0 Å². The van der Waals surface area contributed by atoms with E-state index in [1.165, 1.54) is 12.8 Å². The van der Waals surface area contributed by atoms with Crippen molar-refractivity contribution in [3.8, 4) is 0 Å². The number of fused-ring (bicyclic) bond motifs is 3. The van der Waals surface area contributed by atoms with Gasteiger partial charge in [-0.1, -0.05) is 27.7 Å². The molecule has 1 N–H and O–H groups in total. The van der Waals surface area contributed by atoms with Crippen LogP contribution in [0.15, 0.2) is 0 Å². The van der Waals surface area contributed by atoms with Crippen LogP contribution in [0.5, 0.6) is 0 Å². The fourth-order valence-electron chi connectivity index (χ4n) is 8.93. The van der Waals surface area contributed by atoms with Crippen LogP contribution in [-0.2, 0) is 19.1 Å². The Labute approximate surface area is 219 Å². The summed E-state index contributed by atoms with van der Waals surface area (Å²) in [5, 5.41) is 9.23. The zero-order chi connectivity index (χ0) is 25.9. The van der Waals surface area contributed by atoms with Crippen LogP contribution in [-0.4, -0.2) is 35.9 Å². The average Bonchev–Trinajstić information content (AvgIpc) is 3.22. The van der Waals surface area contributed by atoms with Gasteiger partial charge in [0.2, 0.25) is 0 Å². The molecule has 0 bridgehead atoms. The quantitative estimate of drug-likeness (QED) is 0.395. The van der Waals surface area contributed by atoms with Crippen LogP contribution >= 0.6 is 0 Å². The molecule has 5 heteroatoms. The van der Waals surface area contributed by atoms with Gasteiger partial charge in [-0.05, 0) is 118 Å². The summed E-state index contributed by atoms with van der Waals surface area (Å²) in [5.74, 6) is 2.56. The molecule has 10 atom stereocenters. The molecular formula is C31H52O5. The third kappa shape index (κ3) is 6.03. The number of aliphatic carboxylic acids is 1. The highest BCUT2D eigenvalue weighted by Gasteiger charge is 2.57. The van der Waals surface area contributed by atoms with Gasteiger partial charge in [0.1, 0.15) is 5.78 Å². The Morgan fingerprint density at radius 1 is 1.11 bits per heavy atom. The van der Waals surface area contributed by atoms with Crippen LogP contribution < -0.4 is 0 Å². The fraction of sp³-hybridized carbons (Fsp3) is 0.935. The van der Waals surface area contributed by atoms with Gasteiger partial charge in [-0.3, -0.25) is 9.59 Å². The smallest absolute Gasteiger partial charge is 0.303 e. The summed E-state index contributed by atoms with van der Waals surface area (Å²) in [7, 11) is 0. The Morgan fingerprint density at radius 3 is 2.58 bits per heavy atom. The number of rotatable bonds is 7. The summed E-state index contributed by atoms with van der Waals surface area (Å²) < 4.78 is 12.4. The molecule has 1 aliphatic heterocycles. The molecule has 3 saturated carbocycles. The van der Waals surface area contributed by atoms with Gasteiger partial charge in [0.15, 0.2) is 6.29 Å². The summed E-state index contributed by atoms with van der Waals surface area (Å²) >= 11 is 0. The van der Waals surface area contributed by atoms with E-state index in [1.54, 1.807) is 0 Å². The molecule has 4 rings (SSSR count). The molecule has 0 amide bonds. The molecule has 3 aliphatic carbocycles. The fourth-order valence-corrected chi connectivity index (χ4v) is 8.93. The Balaban J connectivity index is 1.50. The van der Waals surface area contributed by atoms with Crippen molar-refractivity contribution < 1.29 is 24.2 Å². The van der Waals surface area contributed by atoms with Crippen molar-refractivity contribution in [1.82, 2.24) is 0 Å². The first-order chi connectivity index (χ1) is 17.2. The highest BCUT2D eigenvalue weighted by Crippen LogP contribution is 2.63. The molecule has 0 radical (unpaired) electrons. The topological polar surface area (TPSA) is 72.8 Å². The third-order valence-electron chi connectivity index (χ3n) is 11.1. The number of carbonyl (C=O) groups excluding carboxylic acids is 1. The number of ketones is 1. The summed E-state index contributed by atoms with van der Waals surface area (Å²) in [4.78, 5) is 25.5. The van der Waals surface area contributed by atoms with E-state index in [4.69, 9.17) is 9.47 Å². The average molecular weight is 505 g/mol. The van der Waals surface area contributed by atoms with Crippen LogP contribution in [0.3, 0.4) is 0 Å². The molecule has 0 spiro atoms. The number of Topliss-reactive ketones (excluding diaryl/α,β-unsaturated/α-hetero) is 1. The van der Waals surface area contributed by atoms with Gasteiger partial charge in [0, 0.05) is 24.9 Å². The molecule has 5 unspecified atom stereocenters. The van der Waals surface area contributed by atoms with E-state index in [-0.39, 0.29) is 36.1 Å². The molecule has 0 aromatic carbocycles. The van der Waals surface area contributed by atoms with Crippen LogP contribution in [0.25, 0.3) is 0 Å². The van der Waals surface area contributed by atoms with Gasteiger partial charge < -0.3 is 14.6 Å². The zero-order valence-electron chi connectivity index (χ0n) is 23.4. The summed E-state index contributed by atoms with van der Waals surface area (Å²) in [6.45, 7) is 10.1. The first-order valence-corrected chi connectivity index (χ1v) is 15.3. The van der Waals surface area contributed by atoms with Crippen LogP contribution in [0, 0.1) is 46.8 Å². The predicted octanol–water partition coefficient (Wildman–Crippen LogP) is 7.26. The van der Waals surface area contributed by atoms with Crippen LogP contribution in [0.1, 0.15) is 118 Å². The molecule has 0 aromatic rings. The van der Waals surface area contributed by atoms with Crippen molar-refractivity contribution in [1.29, 1.82) is 0 Å². The Morgan fingerprint density at radius 2 is 1.89 bits per heavy atom. The summed E-state index contributed by atoms with van der Waals surface area (Å²) in [5.41, 5.74) is 0.168. The maximum absolute atomic E-state index is 14.3. The number of carboxylic acid groups (broad SMARTS) is 1. The lowest BCUT2D eigenvalue weighted by Crippen LogP contribution is -2.49. The molecule has 206 valence electrons. The molecule has 1 heterocycles. The number of ether oxygens (including phenoxy) is 2. The number of hydrogen-bond donors (Lipinski definition) is 1. The maximum atomic E-state index is 14.3. The Bertz CT molecular complexity index is 745. The monoisotopic (exact) mass is 504 g/mol. The lowest BCUT2D eigenvalue weighted by atomic mass is 9.52. The van der Waals surface area contributed by atoms with Gasteiger partial charge >= 0.3 is 5.97 Å². The summed E-state index contributed by atoms with van der Waals surface area (Å²) in [6.07, 6.45) is 14.1. The van der Waals surface area contributed by atoms with E-state index < -0.39 is 5.97 Å². The molecular weight excluding hydrogens is 452 g/mol. The second-order valence-corrected chi connectivity index (χ2v) is 13.1. The van der Waals surface area contributed by atoms with Gasteiger partial charge in [0.25, 0.3) is 0 Å². The summed E-state index contributed by atoms with van der Waals surface area (Å²) in [6, 6.07) is 0. The lowest BCUT2D eigenvalue weighted by molar-refractivity contribution is -0.192. The lowest BCUT2D eigenvalue weighted by Gasteiger charge is -2.51. The van der Waals surface area contributed by atoms with Gasteiger partial charge in [-0.15, -0.1) is 0 Å². The largest absolute Gasteiger partial charge is 0.481 e. The van der Waals surface area contributed by atoms with E-state index >= 15 is 0 Å². The minimum absolute atomic E-state index is 0.0561. The van der Waals surface area contributed by atoms with Crippen LogP contribution in [0.4, 0.5) is 0 Å². The molecule has 5 nitrogen and oxygen atoms in total. The highest BCUT2D eigenvalue weighted by atomic mass is 16.7. The molecule has 0 aromatic heterocycles. The van der Waals surface area contributed by atoms with E-state index in [2.05, 4.69) is 27.7 Å². The van der Waals surface area contributed by atoms with Crippen LogP contribution in [0.2, 0.25) is 0 Å². The molecule has 1 saturated heterocycles. The van der Waals surface area contributed by atoms with E-state index in [0.717, 1.165) is 77.2 Å². The second kappa shape index (κ2) is 12.3. The van der Waals surface area contributed by atoms with Crippen molar-refractivity contribution in [3.05, 3.63) is 0 Å². The first kappa shape index (κ1) is 28.1. The number of hydrogen-bond acceptors (Lipinski definition) is 4. The minimum Gasteiger partial charge on any atom is -0.481 e. The maximum Gasteiger partial charge on any atom is 0.303 e. The molecule has 4 aliphatic rings. The molecule has 4 fully saturated rings. The predicted molar refractivity (Wildman–Crippen MR) is 141 cm³/mol. The number of carbonyl (C=O) groups is 2. The molecule has 36 heavy (non-hydrogen) atoms. The van der Waals surface area contributed by atoms with Crippen molar-refractivity contribution in [3.63, 3.8) is 0 Å². The normalized spacial score (nSPS) is 42.8. The van der Waals surface area contributed by atoms with Gasteiger partial charge in [0.05, 0.1) is 6.10 Å². The van der Waals surface area contributed by atoms with Crippen molar-refractivity contribution in [2.45, 2.75) is 130 Å². The number of carboxylic acids is 1. The highest BCUT2D eigenvalue weighted by molar-refractivity contribution is 5.84. The van der Waals surface area contributed by atoms with E-state index in [0.29, 0.717) is 35.4 Å². The van der Waals surface area contributed by atoms with E-state index in [1.807, 2.05) is 0 Å².